The quantitative estimate of drug-likeness (QED) is 0.329. The van der Waals surface area contributed by atoms with E-state index in [-0.39, 0.29) is 47.9 Å². The maximum atomic E-state index is 13.0. The SMILES string of the molecule is O=C1[C@@H]2[C@H](C(=O)N1N=Cc1cc(Cl)c(OCc3ccc(F)cc3)c(Br)c1)[C@H]1C=C[C@H]2C1. The maximum absolute atomic E-state index is 13.0. The Hall–Kier alpha value is -2.51. The van der Waals surface area contributed by atoms with Gasteiger partial charge in [0.05, 0.1) is 27.5 Å². The summed E-state index contributed by atoms with van der Waals surface area (Å²) in [5.41, 5.74) is 1.42. The lowest BCUT2D eigenvalue weighted by Gasteiger charge is -2.13. The van der Waals surface area contributed by atoms with Crippen LogP contribution in [0.2, 0.25) is 5.02 Å². The van der Waals surface area contributed by atoms with E-state index in [1.54, 1.807) is 24.3 Å². The lowest BCUT2D eigenvalue weighted by molar-refractivity contribution is -0.140. The van der Waals surface area contributed by atoms with Crippen molar-refractivity contribution in [1.82, 2.24) is 5.01 Å². The van der Waals surface area contributed by atoms with E-state index < -0.39 is 0 Å². The standard InChI is InChI=1S/C23H17BrClFN2O3/c24-17-7-13(8-18(25)21(17)31-11-12-1-5-16(26)6-2-12)10-27-28-22(29)19-14-3-4-15(9-14)20(19)23(28)30/h1-8,10,14-15,19-20H,9,11H2/t14-,15-,19-,20+/m0/s1. The Balaban J connectivity index is 1.30. The largest absolute Gasteiger partial charge is 0.486 e. The molecule has 2 bridgehead atoms. The minimum atomic E-state index is -0.311. The number of nitrogens with zero attached hydrogens (tertiary/aromatic N) is 2. The third-order valence-corrected chi connectivity index (χ3v) is 6.96. The highest BCUT2D eigenvalue weighted by molar-refractivity contribution is 9.10. The van der Waals surface area contributed by atoms with Crippen LogP contribution in [0.3, 0.4) is 0 Å². The van der Waals surface area contributed by atoms with E-state index in [1.807, 2.05) is 12.2 Å². The Morgan fingerprint density at radius 3 is 2.39 bits per heavy atom. The van der Waals surface area contributed by atoms with E-state index in [0.717, 1.165) is 17.0 Å². The number of allylic oxidation sites excluding steroid dienone is 2. The number of carbonyl (C=O) groups is 2. The molecule has 5 nitrogen and oxygen atoms in total. The average Bonchev–Trinajstić information content (AvgIpc) is 3.42. The second-order valence-electron chi connectivity index (χ2n) is 7.96. The number of carbonyl (C=O) groups excluding carboxylic acids is 2. The summed E-state index contributed by atoms with van der Waals surface area (Å²) in [7, 11) is 0. The van der Waals surface area contributed by atoms with Crippen molar-refractivity contribution in [2.75, 3.05) is 0 Å². The molecular weight excluding hydrogens is 487 g/mol. The van der Waals surface area contributed by atoms with Gasteiger partial charge in [-0.2, -0.15) is 10.1 Å². The van der Waals surface area contributed by atoms with E-state index in [2.05, 4.69) is 21.0 Å². The van der Waals surface area contributed by atoms with Crippen molar-refractivity contribution in [2.45, 2.75) is 13.0 Å². The Morgan fingerprint density at radius 2 is 1.77 bits per heavy atom. The maximum Gasteiger partial charge on any atom is 0.254 e. The van der Waals surface area contributed by atoms with Gasteiger partial charge < -0.3 is 4.74 Å². The van der Waals surface area contributed by atoms with Crippen LogP contribution >= 0.6 is 27.5 Å². The molecule has 4 atom stereocenters. The summed E-state index contributed by atoms with van der Waals surface area (Å²) in [5, 5.41) is 5.52. The highest BCUT2D eigenvalue weighted by Gasteiger charge is 2.59. The molecule has 1 saturated heterocycles. The highest BCUT2D eigenvalue weighted by Crippen LogP contribution is 2.52. The number of fused-ring (bicyclic) bond motifs is 5. The molecule has 2 aromatic rings. The molecule has 0 N–H and O–H groups in total. The van der Waals surface area contributed by atoms with Gasteiger partial charge in [0.1, 0.15) is 12.4 Å². The van der Waals surface area contributed by atoms with E-state index in [0.29, 0.717) is 20.8 Å². The van der Waals surface area contributed by atoms with Crippen molar-refractivity contribution in [3.8, 4) is 5.75 Å². The van der Waals surface area contributed by atoms with Crippen molar-refractivity contribution in [2.24, 2.45) is 28.8 Å². The van der Waals surface area contributed by atoms with Crippen molar-refractivity contribution in [1.29, 1.82) is 0 Å². The number of amides is 2. The summed E-state index contributed by atoms with van der Waals surface area (Å²) in [6.07, 6.45) is 6.43. The molecule has 2 aromatic carbocycles. The first kappa shape index (κ1) is 20.4. The number of ether oxygens (including phenoxy) is 1. The minimum absolute atomic E-state index is 0.146. The zero-order valence-corrected chi connectivity index (χ0v) is 18.5. The predicted octanol–water partition coefficient (Wildman–Crippen LogP) is 4.96. The van der Waals surface area contributed by atoms with Crippen LogP contribution in [0.4, 0.5) is 4.39 Å². The van der Waals surface area contributed by atoms with Crippen LogP contribution in [-0.4, -0.2) is 23.0 Å². The number of hydrogen-bond acceptors (Lipinski definition) is 4. The van der Waals surface area contributed by atoms with Gasteiger partial charge in [-0.3, -0.25) is 9.59 Å². The zero-order valence-electron chi connectivity index (χ0n) is 16.2. The molecule has 2 fully saturated rings. The molecule has 0 radical (unpaired) electrons. The van der Waals surface area contributed by atoms with Crippen LogP contribution in [-0.2, 0) is 16.2 Å². The van der Waals surface area contributed by atoms with E-state index in [9.17, 15) is 14.0 Å². The first-order chi connectivity index (χ1) is 14.9. The summed E-state index contributed by atoms with van der Waals surface area (Å²) < 4.78 is 19.4. The fraction of sp³-hybridized carbons (Fsp3) is 0.261. The molecule has 1 saturated carbocycles. The van der Waals surface area contributed by atoms with Crippen LogP contribution in [0.5, 0.6) is 5.75 Å². The van der Waals surface area contributed by atoms with Gasteiger partial charge in [0.2, 0.25) is 0 Å². The van der Waals surface area contributed by atoms with Crippen LogP contribution in [0.25, 0.3) is 0 Å². The third-order valence-electron chi connectivity index (χ3n) is 6.09. The molecule has 1 heterocycles. The van der Waals surface area contributed by atoms with E-state index in [4.69, 9.17) is 16.3 Å². The summed E-state index contributed by atoms with van der Waals surface area (Å²) in [6.45, 7) is 0.224. The molecular formula is C23H17BrClFN2O3. The summed E-state index contributed by atoms with van der Waals surface area (Å²) in [6, 6.07) is 9.40. The van der Waals surface area contributed by atoms with Crippen molar-refractivity contribution in [3.63, 3.8) is 0 Å². The van der Waals surface area contributed by atoms with Gasteiger partial charge in [-0.25, -0.2) is 4.39 Å². The lowest BCUT2D eigenvalue weighted by Crippen LogP contribution is -2.28. The summed E-state index contributed by atoms with van der Waals surface area (Å²) in [5.74, 6) is -0.599. The topological polar surface area (TPSA) is 59.0 Å². The minimum Gasteiger partial charge on any atom is -0.486 e. The monoisotopic (exact) mass is 502 g/mol. The first-order valence-electron chi connectivity index (χ1n) is 9.89. The number of rotatable bonds is 5. The molecule has 0 aromatic heterocycles. The smallest absolute Gasteiger partial charge is 0.254 e. The molecule has 1 aliphatic heterocycles. The molecule has 3 aliphatic rings. The second-order valence-corrected chi connectivity index (χ2v) is 9.22. The van der Waals surface area contributed by atoms with Crippen molar-refractivity contribution >= 4 is 45.6 Å². The Morgan fingerprint density at radius 1 is 1.13 bits per heavy atom. The van der Waals surface area contributed by atoms with Gasteiger partial charge in [0, 0.05) is 0 Å². The second kappa shape index (κ2) is 7.88. The van der Waals surface area contributed by atoms with Crippen LogP contribution in [0.1, 0.15) is 17.5 Å². The number of hydrazone groups is 1. The molecule has 2 amide bonds. The van der Waals surface area contributed by atoms with E-state index in [1.165, 1.54) is 18.3 Å². The van der Waals surface area contributed by atoms with Gasteiger partial charge in [-0.1, -0.05) is 35.9 Å². The Kier molecular flexibility index (Phi) is 5.18. The zero-order chi connectivity index (χ0) is 21.7. The fourth-order valence-electron chi connectivity index (χ4n) is 4.65. The predicted molar refractivity (Wildman–Crippen MR) is 117 cm³/mol. The van der Waals surface area contributed by atoms with E-state index >= 15 is 0 Å². The Bertz CT molecular complexity index is 1080. The first-order valence-corrected chi connectivity index (χ1v) is 11.1. The molecule has 0 unspecified atom stereocenters. The number of halogens is 3. The van der Waals surface area contributed by atoms with Crippen molar-refractivity contribution < 1.29 is 18.7 Å². The molecule has 2 aliphatic carbocycles. The molecule has 31 heavy (non-hydrogen) atoms. The molecule has 0 spiro atoms. The average molecular weight is 504 g/mol. The van der Waals surface area contributed by atoms with Gasteiger partial charge in [-0.15, -0.1) is 0 Å². The summed E-state index contributed by atoms with van der Waals surface area (Å²) >= 11 is 9.81. The fourth-order valence-corrected chi connectivity index (χ4v) is 5.64. The third kappa shape index (κ3) is 3.59. The van der Waals surface area contributed by atoms with Gasteiger partial charge in [0.25, 0.3) is 11.8 Å². The van der Waals surface area contributed by atoms with Crippen LogP contribution < -0.4 is 4.74 Å². The number of hydrogen-bond donors (Lipinski definition) is 0. The molecule has 8 heteroatoms. The summed E-state index contributed by atoms with van der Waals surface area (Å²) in [4.78, 5) is 25.4. The van der Waals surface area contributed by atoms with Gasteiger partial charge >= 0.3 is 0 Å². The number of benzene rings is 2. The van der Waals surface area contributed by atoms with Gasteiger partial charge in [0.15, 0.2) is 5.75 Å². The number of imide groups is 1. The Labute approximate surface area is 191 Å². The molecule has 5 rings (SSSR count). The van der Waals surface area contributed by atoms with Crippen LogP contribution in [0.15, 0.2) is 58.1 Å². The lowest BCUT2D eigenvalue weighted by atomic mass is 9.85. The highest BCUT2D eigenvalue weighted by atomic mass is 79.9. The molecule has 158 valence electrons. The van der Waals surface area contributed by atoms with Crippen molar-refractivity contribution in [3.05, 3.63) is 75.0 Å². The normalized spacial score (nSPS) is 26.4. The van der Waals surface area contributed by atoms with Gasteiger partial charge in [-0.05, 0) is 69.6 Å². The van der Waals surface area contributed by atoms with Crippen LogP contribution in [0, 0.1) is 29.5 Å².